The normalized spacial score (nSPS) is 9.88. The van der Waals surface area contributed by atoms with Crippen LogP contribution in [-0.4, -0.2) is 21.3 Å². The fourth-order valence-electron chi connectivity index (χ4n) is 1.38. The van der Waals surface area contributed by atoms with Crippen molar-refractivity contribution in [1.29, 1.82) is 0 Å². The third-order valence-corrected chi connectivity index (χ3v) is 2.26. The van der Waals surface area contributed by atoms with E-state index in [2.05, 4.69) is 10.3 Å². The van der Waals surface area contributed by atoms with Crippen LogP contribution in [0.1, 0.15) is 0 Å². The number of fused-ring (bicyclic) bond motifs is 1. The molecule has 0 aliphatic rings. The van der Waals surface area contributed by atoms with Crippen molar-refractivity contribution in [2.75, 3.05) is 5.32 Å². The third kappa shape index (κ3) is 2.88. The van der Waals surface area contributed by atoms with E-state index in [-0.39, 0.29) is 5.11 Å². The Kier molecular flexibility index (Phi) is 3.15. The number of nitrogens with one attached hydrogen (secondary N) is 2. The highest BCUT2D eigenvalue weighted by molar-refractivity contribution is 7.80. The van der Waals surface area contributed by atoms with Crippen LogP contribution in [0.2, 0.25) is 0 Å². The number of anilines is 1. The van der Waals surface area contributed by atoms with Crippen molar-refractivity contribution in [2.24, 2.45) is 0 Å². The maximum absolute atomic E-state index is 10.4. The summed E-state index contributed by atoms with van der Waals surface area (Å²) in [4.78, 5) is 14.6. The highest BCUT2D eigenvalue weighted by Crippen LogP contribution is 2.14. The summed E-state index contributed by atoms with van der Waals surface area (Å²) in [5.74, 6) is 0.502. The van der Waals surface area contributed by atoms with Gasteiger partial charge in [0.25, 0.3) is 0 Å². The van der Waals surface area contributed by atoms with E-state index in [1.807, 2.05) is 35.6 Å². The number of carbonyl (C=O) groups is 1. The third-order valence-electron chi connectivity index (χ3n) is 2.06. The molecular weight excluding hydrogens is 238 g/mol. The van der Waals surface area contributed by atoms with Gasteiger partial charge in [0, 0.05) is 5.39 Å². The molecule has 0 unspecified atom stereocenters. The SMILES string of the molecule is O=C(O)NC(=S)Nc1ccc2ccccc2n1. The Morgan fingerprint density at radius 1 is 1.24 bits per heavy atom. The molecule has 1 amide bonds. The number of hydrogen-bond donors (Lipinski definition) is 3. The van der Waals surface area contributed by atoms with Crippen LogP contribution in [0.3, 0.4) is 0 Å². The molecule has 0 atom stereocenters. The smallest absolute Gasteiger partial charge is 0.410 e. The van der Waals surface area contributed by atoms with Crippen molar-refractivity contribution in [3.8, 4) is 0 Å². The van der Waals surface area contributed by atoms with Gasteiger partial charge in [-0.2, -0.15) is 0 Å². The van der Waals surface area contributed by atoms with Gasteiger partial charge in [0.05, 0.1) is 5.52 Å². The summed E-state index contributed by atoms with van der Waals surface area (Å²) in [7, 11) is 0. The zero-order valence-electron chi connectivity index (χ0n) is 8.68. The summed E-state index contributed by atoms with van der Waals surface area (Å²) in [6.07, 6.45) is -1.21. The molecule has 0 aliphatic heterocycles. The second kappa shape index (κ2) is 4.75. The van der Waals surface area contributed by atoms with Gasteiger partial charge in [-0.25, -0.2) is 9.78 Å². The minimum Gasteiger partial charge on any atom is -0.465 e. The summed E-state index contributed by atoms with van der Waals surface area (Å²) in [5.41, 5.74) is 0.815. The van der Waals surface area contributed by atoms with Crippen molar-refractivity contribution in [1.82, 2.24) is 10.3 Å². The Bertz CT molecular complexity index is 586. The molecule has 0 aliphatic carbocycles. The first-order valence-electron chi connectivity index (χ1n) is 4.82. The minimum atomic E-state index is -1.21. The maximum Gasteiger partial charge on any atom is 0.410 e. The molecule has 1 aromatic heterocycles. The van der Waals surface area contributed by atoms with Crippen molar-refractivity contribution in [2.45, 2.75) is 0 Å². The Morgan fingerprint density at radius 3 is 2.76 bits per heavy atom. The van der Waals surface area contributed by atoms with Gasteiger partial charge in [-0.3, -0.25) is 5.32 Å². The second-order valence-electron chi connectivity index (χ2n) is 3.27. The zero-order valence-corrected chi connectivity index (χ0v) is 9.49. The lowest BCUT2D eigenvalue weighted by molar-refractivity contribution is 0.200. The van der Waals surface area contributed by atoms with E-state index in [0.29, 0.717) is 5.82 Å². The van der Waals surface area contributed by atoms with Crippen LogP contribution in [0.4, 0.5) is 10.6 Å². The molecule has 86 valence electrons. The monoisotopic (exact) mass is 247 g/mol. The van der Waals surface area contributed by atoms with Crippen LogP contribution in [0.5, 0.6) is 0 Å². The van der Waals surface area contributed by atoms with Gasteiger partial charge in [0.1, 0.15) is 5.82 Å². The van der Waals surface area contributed by atoms with Crippen LogP contribution in [-0.2, 0) is 0 Å². The lowest BCUT2D eigenvalue weighted by Gasteiger charge is -2.07. The number of aromatic nitrogens is 1. The van der Waals surface area contributed by atoms with Gasteiger partial charge in [-0.1, -0.05) is 18.2 Å². The summed E-state index contributed by atoms with van der Waals surface area (Å²) < 4.78 is 0. The number of carboxylic acid groups (broad SMARTS) is 1. The van der Waals surface area contributed by atoms with E-state index < -0.39 is 6.09 Å². The lowest BCUT2D eigenvalue weighted by atomic mass is 10.2. The summed E-state index contributed by atoms with van der Waals surface area (Å²) in [6, 6.07) is 11.2. The fourth-order valence-corrected chi connectivity index (χ4v) is 1.57. The molecule has 0 fully saturated rings. The van der Waals surface area contributed by atoms with Crippen LogP contribution in [0.15, 0.2) is 36.4 Å². The standard InChI is InChI=1S/C11H9N3O2S/c15-11(16)14-10(17)13-9-6-5-7-3-1-2-4-8(7)12-9/h1-6H,(H,15,16)(H2,12,13,14,17). The number of para-hydroxylation sites is 1. The quantitative estimate of drug-likeness (QED) is 0.674. The van der Waals surface area contributed by atoms with Gasteiger partial charge >= 0.3 is 6.09 Å². The fraction of sp³-hybridized carbons (Fsp3) is 0. The maximum atomic E-state index is 10.4. The predicted octanol–water partition coefficient (Wildman–Crippen LogP) is 2.20. The van der Waals surface area contributed by atoms with Crippen molar-refractivity contribution >= 4 is 40.1 Å². The Hall–Kier alpha value is -2.21. The molecule has 2 aromatic rings. The number of pyridine rings is 1. The van der Waals surface area contributed by atoms with Gasteiger partial charge < -0.3 is 10.4 Å². The number of rotatable bonds is 1. The van der Waals surface area contributed by atoms with Crippen molar-refractivity contribution in [3.05, 3.63) is 36.4 Å². The zero-order chi connectivity index (χ0) is 12.3. The lowest BCUT2D eigenvalue weighted by Crippen LogP contribution is -2.32. The average Bonchev–Trinajstić information content (AvgIpc) is 2.27. The summed E-state index contributed by atoms with van der Waals surface area (Å²) >= 11 is 4.79. The first-order valence-corrected chi connectivity index (χ1v) is 5.23. The van der Waals surface area contributed by atoms with Gasteiger partial charge in [-0.05, 0) is 30.4 Å². The summed E-state index contributed by atoms with van der Waals surface area (Å²) in [5, 5.41) is 14.2. The number of amides is 1. The van der Waals surface area contributed by atoms with Crippen LogP contribution < -0.4 is 10.6 Å². The number of nitrogens with zero attached hydrogens (tertiary/aromatic N) is 1. The molecule has 5 nitrogen and oxygen atoms in total. The molecule has 0 saturated carbocycles. The molecule has 17 heavy (non-hydrogen) atoms. The van der Waals surface area contributed by atoms with E-state index in [1.165, 1.54) is 0 Å². The van der Waals surface area contributed by atoms with E-state index in [1.54, 1.807) is 6.07 Å². The first-order chi connectivity index (χ1) is 8.15. The Labute approximate surface area is 102 Å². The molecule has 2 rings (SSSR count). The van der Waals surface area contributed by atoms with Gasteiger partial charge in [-0.15, -0.1) is 0 Å². The number of thiocarbonyl (C=S) groups is 1. The van der Waals surface area contributed by atoms with Gasteiger partial charge in [0.2, 0.25) is 0 Å². The number of benzene rings is 1. The molecule has 0 spiro atoms. The topological polar surface area (TPSA) is 74.2 Å². The highest BCUT2D eigenvalue weighted by atomic mass is 32.1. The van der Waals surface area contributed by atoms with E-state index in [4.69, 9.17) is 17.3 Å². The highest BCUT2D eigenvalue weighted by Gasteiger charge is 2.03. The van der Waals surface area contributed by atoms with E-state index in [0.717, 1.165) is 10.9 Å². The largest absolute Gasteiger partial charge is 0.465 e. The van der Waals surface area contributed by atoms with Crippen molar-refractivity contribution in [3.63, 3.8) is 0 Å². The van der Waals surface area contributed by atoms with E-state index in [9.17, 15) is 4.79 Å². The van der Waals surface area contributed by atoms with Crippen LogP contribution in [0, 0.1) is 0 Å². The first kappa shape index (κ1) is 11.3. The van der Waals surface area contributed by atoms with Crippen LogP contribution >= 0.6 is 12.2 Å². The second-order valence-corrected chi connectivity index (χ2v) is 3.68. The Balaban J connectivity index is 2.19. The average molecular weight is 247 g/mol. The molecule has 0 bridgehead atoms. The molecule has 1 aromatic carbocycles. The number of hydrogen-bond acceptors (Lipinski definition) is 3. The van der Waals surface area contributed by atoms with Gasteiger partial charge in [0.15, 0.2) is 5.11 Å². The molecule has 6 heteroatoms. The van der Waals surface area contributed by atoms with E-state index >= 15 is 0 Å². The molecular formula is C11H9N3O2S. The molecule has 0 radical (unpaired) electrons. The molecule has 0 saturated heterocycles. The predicted molar refractivity (Wildman–Crippen MR) is 69.1 cm³/mol. The van der Waals surface area contributed by atoms with Crippen LogP contribution in [0.25, 0.3) is 10.9 Å². The Morgan fingerprint density at radius 2 is 2.00 bits per heavy atom. The molecule has 3 N–H and O–H groups in total. The van der Waals surface area contributed by atoms with Crippen molar-refractivity contribution < 1.29 is 9.90 Å². The minimum absolute atomic E-state index is 0.000260. The summed E-state index contributed by atoms with van der Waals surface area (Å²) in [6.45, 7) is 0. The molecule has 1 heterocycles.